The average molecular weight is 515 g/mol. The van der Waals surface area contributed by atoms with E-state index in [2.05, 4.69) is 52.7 Å². The Hall–Kier alpha value is -1.35. The summed E-state index contributed by atoms with van der Waals surface area (Å²) >= 11 is 0. The van der Waals surface area contributed by atoms with Crippen LogP contribution < -0.4 is 5.32 Å². The lowest BCUT2D eigenvalue weighted by Crippen LogP contribution is -2.57. The molecule has 0 spiro atoms. The van der Waals surface area contributed by atoms with E-state index < -0.39 is 14.6 Å². The zero-order valence-electron chi connectivity index (χ0n) is 16.8. The lowest BCUT2D eigenvalue weighted by Gasteiger charge is -2.39. The first-order valence-corrected chi connectivity index (χ1v) is 11.2. The Morgan fingerprint density at radius 1 is 1.18 bits per heavy atom. The molecule has 1 fully saturated rings. The molecule has 0 radical (unpaired) electrons. The van der Waals surface area contributed by atoms with Gasteiger partial charge in [-0.15, -0.1) is 24.0 Å². The van der Waals surface area contributed by atoms with Gasteiger partial charge >= 0.3 is 0 Å². The maximum absolute atomic E-state index is 12.2. The number of hydrogen-bond acceptors (Lipinski definition) is 3. The van der Waals surface area contributed by atoms with Gasteiger partial charge in [0.25, 0.3) is 0 Å². The number of aliphatic imine (C=N–C) groups is 1. The van der Waals surface area contributed by atoms with Crippen molar-refractivity contribution in [3.05, 3.63) is 48.0 Å². The number of hydrogen-bond donors (Lipinski definition) is 1. The molecule has 0 bridgehead atoms. The molecule has 1 N–H and O–H groups in total. The Balaban J connectivity index is 0.00000280. The van der Waals surface area contributed by atoms with Crippen LogP contribution in [0.25, 0.3) is 10.8 Å². The third-order valence-corrected chi connectivity index (χ3v) is 7.69. The quantitative estimate of drug-likeness (QED) is 0.385. The lowest BCUT2D eigenvalue weighted by molar-refractivity contribution is 0.353. The first-order valence-electron chi connectivity index (χ1n) is 9.56. The Labute approximate surface area is 185 Å². The van der Waals surface area contributed by atoms with Crippen molar-refractivity contribution < 1.29 is 8.42 Å². The maximum atomic E-state index is 12.2. The fourth-order valence-corrected chi connectivity index (χ4v) is 4.80. The van der Waals surface area contributed by atoms with Gasteiger partial charge in [-0.05, 0) is 43.5 Å². The molecule has 0 saturated carbocycles. The molecule has 154 valence electrons. The first kappa shape index (κ1) is 22.9. The van der Waals surface area contributed by atoms with Gasteiger partial charge in [0.2, 0.25) is 0 Å². The van der Waals surface area contributed by atoms with Crippen LogP contribution in [0.5, 0.6) is 0 Å². The largest absolute Gasteiger partial charge is 0.357 e. The highest BCUT2D eigenvalue weighted by molar-refractivity contribution is 14.0. The zero-order valence-corrected chi connectivity index (χ0v) is 20.0. The molecular formula is C21H30IN3O2S. The second-order valence-corrected chi connectivity index (χ2v) is 10.4. The van der Waals surface area contributed by atoms with Gasteiger partial charge in [0, 0.05) is 26.2 Å². The van der Waals surface area contributed by atoms with Gasteiger partial charge in [0.1, 0.15) is 0 Å². The molecule has 28 heavy (non-hydrogen) atoms. The number of benzene rings is 2. The van der Waals surface area contributed by atoms with Crippen molar-refractivity contribution in [2.45, 2.75) is 31.9 Å². The molecule has 0 aromatic heterocycles. The molecule has 0 atom stereocenters. The second kappa shape index (κ2) is 9.43. The molecule has 0 aliphatic carbocycles. The minimum absolute atomic E-state index is 0. The van der Waals surface area contributed by atoms with Crippen LogP contribution in [-0.4, -0.2) is 56.0 Å². The van der Waals surface area contributed by atoms with Crippen molar-refractivity contribution in [2.24, 2.45) is 4.99 Å². The van der Waals surface area contributed by atoms with E-state index >= 15 is 0 Å². The summed E-state index contributed by atoms with van der Waals surface area (Å²) in [5.41, 5.74) is 1.26. The number of nitrogens with zero attached hydrogens (tertiary/aromatic N) is 2. The summed E-state index contributed by atoms with van der Waals surface area (Å²) in [4.78, 5) is 6.84. The number of sulfone groups is 1. The Morgan fingerprint density at radius 2 is 1.89 bits per heavy atom. The molecule has 0 unspecified atom stereocenters. The van der Waals surface area contributed by atoms with E-state index in [1.165, 1.54) is 16.3 Å². The van der Waals surface area contributed by atoms with Crippen LogP contribution in [-0.2, 0) is 16.3 Å². The highest BCUT2D eigenvalue weighted by Gasteiger charge is 2.40. The van der Waals surface area contributed by atoms with Crippen molar-refractivity contribution in [1.29, 1.82) is 0 Å². The molecule has 0 amide bonds. The van der Waals surface area contributed by atoms with Crippen LogP contribution in [0.4, 0.5) is 0 Å². The summed E-state index contributed by atoms with van der Waals surface area (Å²) in [5, 5.41) is 5.80. The predicted octanol–water partition coefficient (Wildman–Crippen LogP) is 3.47. The number of halogens is 1. The number of rotatable bonds is 4. The van der Waals surface area contributed by atoms with Gasteiger partial charge in [-0.2, -0.15) is 0 Å². The number of nitrogens with one attached hydrogen (secondary N) is 1. The van der Waals surface area contributed by atoms with Crippen LogP contribution in [0.15, 0.2) is 47.5 Å². The highest BCUT2D eigenvalue weighted by Crippen LogP contribution is 2.23. The molecular weight excluding hydrogens is 485 g/mol. The summed E-state index contributed by atoms with van der Waals surface area (Å²) in [6.07, 6.45) is 0.856. The topological polar surface area (TPSA) is 61.8 Å². The van der Waals surface area contributed by atoms with E-state index in [1.807, 2.05) is 6.92 Å². The predicted molar refractivity (Wildman–Crippen MR) is 128 cm³/mol. The minimum atomic E-state index is -3.05. The van der Waals surface area contributed by atoms with Crippen LogP contribution in [0.1, 0.15) is 26.3 Å². The van der Waals surface area contributed by atoms with E-state index in [4.69, 9.17) is 4.99 Å². The summed E-state index contributed by atoms with van der Waals surface area (Å²) in [6, 6.07) is 14.9. The van der Waals surface area contributed by atoms with Crippen LogP contribution in [0.2, 0.25) is 0 Å². The summed E-state index contributed by atoms with van der Waals surface area (Å²) in [7, 11) is -3.05. The molecule has 2 aromatic rings. The molecule has 1 aliphatic heterocycles. The van der Waals surface area contributed by atoms with Gasteiger partial charge in [-0.1, -0.05) is 42.5 Å². The van der Waals surface area contributed by atoms with Gasteiger partial charge in [0.05, 0.1) is 10.5 Å². The molecule has 3 rings (SSSR count). The minimum Gasteiger partial charge on any atom is -0.357 e. The molecule has 5 nitrogen and oxygen atoms in total. The summed E-state index contributed by atoms with van der Waals surface area (Å²) < 4.78 is 23.7. The molecule has 2 aromatic carbocycles. The van der Waals surface area contributed by atoms with Gasteiger partial charge < -0.3 is 10.2 Å². The molecule has 1 saturated heterocycles. The van der Waals surface area contributed by atoms with Gasteiger partial charge in [0.15, 0.2) is 15.8 Å². The molecule has 1 heterocycles. The van der Waals surface area contributed by atoms with E-state index in [9.17, 15) is 8.42 Å². The third-order valence-electron chi connectivity index (χ3n) is 5.15. The second-order valence-electron chi connectivity index (χ2n) is 7.67. The van der Waals surface area contributed by atoms with Crippen LogP contribution in [0, 0.1) is 0 Å². The van der Waals surface area contributed by atoms with Gasteiger partial charge in [-0.3, -0.25) is 4.99 Å². The number of fused-ring (bicyclic) bond motifs is 1. The van der Waals surface area contributed by atoms with Crippen molar-refractivity contribution in [3.8, 4) is 0 Å². The zero-order chi connectivity index (χ0) is 19.5. The maximum Gasteiger partial charge on any atom is 0.194 e. The standard InChI is InChI=1S/C21H29N3O2S.HI/c1-4-22-20(24-13-14-27(25,26)21(2,3)16-24)23-12-11-17-9-10-18-7-5-6-8-19(18)15-17;/h5-10,15H,4,11-14,16H2,1-3H3,(H,22,23);1H. The van der Waals surface area contributed by atoms with E-state index in [0.717, 1.165) is 18.9 Å². The fraction of sp³-hybridized carbons (Fsp3) is 0.476. The summed E-state index contributed by atoms with van der Waals surface area (Å²) in [6.45, 7) is 8.03. The van der Waals surface area contributed by atoms with Crippen LogP contribution in [0.3, 0.4) is 0 Å². The smallest absolute Gasteiger partial charge is 0.194 e. The van der Waals surface area contributed by atoms with Crippen molar-refractivity contribution >= 4 is 50.5 Å². The van der Waals surface area contributed by atoms with E-state index in [0.29, 0.717) is 19.6 Å². The van der Waals surface area contributed by atoms with Crippen molar-refractivity contribution in [1.82, 2.24) is 10.2 Å². The summed E-state index contributed by atoms with van der Waals surface area (Å²) in [5.74, 6) is 0.982. The Kier molecular flexibility index (Phi) is 7.73. The van der Waals surface area contributed by atoms with Crippen molar-refractivity contribution in [2.75, 3.05) is 31.9 Å². The lowest BCUT2D eigenvalue weighted by atomic mass is 10.1. The van der Waals surface area contributed by atoms with Crippen LogP contribution >= 0.6 is 24.0 Å². The Bertz CT molecular complexity index is 942. The first-order chi connectivity index (χ1) is 12.8. The average Bonchev–Trinajstić information content (AvgIpc) is 2.63. The highest BCUT2D eigenvalue weighted by atomic mass is 127. The SMILES string of the molecule is CCNC(=NCCc1ccc2ccccc2c1)N1CCS(=O)(=O)C(C)(C)C1.I. The van der Waals surface area contributed by atoms with E-state index in [-0.39, 0.29) is 29.7 Å². The monoisotopic (exact) mass is 515 g/mol. The Morgan fingerprint density at radius 3 is 2.57 bits per heavy atom. The molecule has 1 aliphatic rings. The normalized spacial score (nSPS) is 18.5. The molecule has 7 heteroatoms. The van der Waals surface area contributed by atoms with Gasteiger partial charge in [-0.25, -0.2) is 8.42 Å². The number of guanidine groups is 1. The third kappa shape index (κ3) is 5.17. The van der Waals surface area contributed by atoms with E-state index in [1.54, 1.807) is 13.8 Å². The fourth-order valence-electron chi connectivity index (χ4n) is 3.44. The van der Waals surface area contributed by atoms with Crippen molar-refractivity contribution in [3.63, 3.8) is 0 Å².